The lowest BCUT2D eigenvalue weighted by Crippen LogP contribution is -2.51. The van der Waals surface area contributed by atoms with Crippen LogP contribution in [-0.4, -0.2) is 56.4 Å². The Morgan fingerprint density at radius 1 is 1.23 bits per heavy atom. The molecule has 1 aliphatic carbocycles. The number of nitrogens with zero attached hydrogens (tertiary/aromatic N) is 5. The molecule has 1 saturated carbocycles. The van der Waals surface area contributed by atoms with E-state index in [0.717, 1.165) is 18.5 Å². The maximum absolute atomic E-state index is 13.2. The van der Waals surface area contributed by atoms with Gasteiger partial charge in [0.15, 0.2) is 5.65 Å². The molecule has 0 radical (unpaired) electrons. The quantitative estimate of drug-likeness (QED) is 0.372. The molecular weight excluding hydrogens is 448 g/mol. The number of nitrogens with one attached hydrogen (secondary N) is 3. The third-order valence-corrected chi connectivity index (χ3v) is 6.25. The molecule has 180 valence electrons. The van der Waals surface area contributed by atoms with Crippen molar-refractivity contribution in [3.8, 4) is 5.69 Å². The molecule has 35 heavy (non-hydrogen) atoms. The van der Waals surface area contributed by atoms with Crippen molar-refractivity contribution in [1.29, 1.82) is 0 Å². The summed E-state index contributed by atoms with van der Waals surface area (Å²) in [7, 11) is 3.39. The zero-order valence-corrected chi connectivity index (χ0v) is 19.6. The van der Waals surface area contributed by atoms with Gasteiger partial charge in [-0.1, -0.05) is 0 Å². The first kappa shape index (κ1) is 22.5. The number of pyridine rings is 2. The van der Waals surface area contributed by atoms with Crippen LogP contribution in [0.25, 0.3) is 11.3 Å². The number of amides is 1. The highest BCUT2D eigenvalue weighted by Gasteiger charge is 2.33. The van der Waals surface area contributed by atoms with Crippen molar-refractivity contribution >= 4 is 28.9 Å². The van der Waals surface area contributed by atoms with Gasteiger partial charge in [-0.05, 0) is 44.0 Å². The molecule has 0 aromatic carbocycles. The number of hydrogen-bond acceptors (Lipinski definition) is 8. The molecule has 5 rings (SSSR count). The van der Waals surface area contributed by atoms with Crippen LogP contribution in [-0.2, 0) is 4.74 Å². The average molecular weight is 475 g/mol. The number of fused-ring (bicyclic) bond motifs is 1. The second-order valence-corrected chi connectivity index (χ2v) is 8.33. The minimum atomic E-state index is -0.271. The van der Waals surface area contributed by atoms with Crippen molar-refractivity contribution in [2.75, 3.05) is 24.8 Å². The third-order valence-electron chi connectivity index (χ3n) is 6.25. The number of methoxy groups -OCH3 is 1. The average Bonchev–Trinajstić information content (AvgIpc) is 3.27. The summed E-state index contributed by atoms with van der Waals surface area (Å²) in [5.74, 6) is 0.731. The molecule has 0 bridgehead atoms. The van der Waals surface area contributed by atoms with Crippen LogP contribution in [0.4, 0.5) is 17.3 Å². The molecule has 3 N–H and O–H groups in total. The Labute approximate surface area is 201 Å². The van der Waals surface area contributed by atoms with Crippen LogP contribution in [0.5, 0.6) is 0 Å². The maximum Gasteiger partial charge on any atom is 0.278 e. The minimum Gasteiger partial charge on any atom is -0.379 e. The predicted molar refractivity (Wildman–Crippen MR) is 132 cm³/mol. The van der Waals surface area contributed by atoms with Crippen molar-refractivity contribution in [3.05, 3.63) is 70.5 Å². The van der Waals surface area contributed by atoms with Crippen molar-refractivity contribution in [1.82, 2.24) is 29.5 Å². The van der Waals surface area contributed by atoms with E-state index in [9.17, 15) is 9.59 Å². The summed E-state index contributed by atoms with van der Waals surface area (Å²) in [5.41, 5.74) is 2.21. The van der Waals surface area contributed by atoms with Gasteiger partial charge in [0.25, 0.3) is 11.5 Å². The molecule has 0 aliphatic heterocycles. The first-order valence-electron chi connectivity index (χ1n) is 11.3. The number of carbonyl (C=O) groups is 1. The molecule has 11 nitrogen and oxygen atoms in total. The van der Waals surface area contributed by atoms with Gasteiger partial charge in [0.1, 0.15) is 22.9 Å². The predicted octanol–water partition coefficient (Wildman–Crippen LogP) is 2.28. The molecule has 1 aliphatic rings. The SMILES string of the molecule is CNc1cc(Nc2cccn(-c3cccnc3C)c2=O)nc2c(C(=O)N[C@H]3CC[C@@H]3OC)cnn12. The van der Waals surface area contributed by atoms with Gasteiger partial charge in [-0.2, -0.15) is 9.61 Å². The lowest BCUT2D eigenvalue weighted by Gasteiger charge is -2.35. The maximum atomic E-state index is 13.2. The molecule has 1 amide bonds. The number of ether oxygens (including phenoxy) is 1. The Morgan fingerprint density at radius 2 is 2.09 bits per heavy atom. The van der Waals surface area contributed by atoms with Crippen molar-refractivity contribution in [3.63, 3.8) is 0 Å². The van der Waals surface area contributed by atoms with E-state index >= 15 is 0 Å². The number of aromatic nitrogens is 5. The molecule has 4 aromatic rings. The number of aryl methyl sites for hydroxylation is 1. The van der Waals surface area contributed by atoms with Crippen LogP contribution in [0.1, 0.15) is 28.9 Å². The highest BCUT2D eigenvalue weighted by molar-refractivity contribution is 6.00. The minimum absolute atomic E-state index is 0.0162. The van der Waals surface area contributed by atoms with Crippen molar-refractivity contribution in [2.24, 2.45) is 0 Å². The number of carbonyl (C=O) groups excluding carboxylic acids is 1. The molecular formula is C24H26N8O3. The Balaban J connectivity index is 1.49. The van der Waals surface area contributed by atoms with Gasteiger partial charge in [-0.25, -0.2) is 4.98 Å². The number of hydrogen-bond donors (Lipinski definition) is 3. The summed E-state index contributed by atoms with van der Waals surface area (Å²) >= 11 is 0. The van der Waals surface area contributed by atoms with Crippen LogP contribution in [0.15, 0.2) is 53.7 Å². The second kappa shape index (κ2) is 9.18. The van der Waals surface area contributed by atoms with E-state index in [2.05, 4.69) is 31.0 Å². The van der Waals surface area contributed by atoms with Crippen molar-refractivity contribution in [2.45, 2.75) is 31.9 Å². The first-order valence-corrected chi connectivity index (χ1v) is 11.3. The van der Waals surface area contributed by atoms with E-state index in [-0.39, 0.29) is 23.6 Å². The topological polar surface area (TPSA) is 127 Å². The van der Waals surface area contributed by atoms with Gasteiger partial charge in [0.2, 0.25) is 0 Å². The van der Waals surface area contributed by atoms with E-state index < -0.39 is 0 Å². The zero-order valence-electron chi connectivity index (χ0n) is 19.6. The van der Waals surface area contributed by atoms with Crippen LogP contribution in [0.3, 0.4) is 0 Å². The molecule has 0 spiro atoms. The van der Waals surface area contributed by atoms with E-state index in [0.29, 0.717) is 34.2 Å². The summed E-state index contributed by atoms with van der Waals surface area (Å²) < 4.78 is 8.46. The summed E-state index contributed by atoms with van der Waals surface area (Å²) in [6, 6.07) is 8.77. The Kier molecular flexibility index (Phi) is 5.91. The van der Waals surface area contributed by atoms with Gasteiger partial charge in [-0.3, -0.25) is 19.1 Å². The summed E-state index contributed by atoms with van der Waals surface area (Å²) in [6.07, 6.45) is 6.66. The molecule has 4 heterocycles. The first-order chi connectivity index (χ1) is 17.0. The second-order valence-electron chi connectivity index (χ2n) is 8.33. The van der Waals surface area contributed by atoms with E-state index in [4.69, 9.17) is 4.74 Å². The normalized spacial score (nSPS) is 17.1. The Bertz CT molecular complexity index is 1460. The number of rotatable bonds is 7. The van der Waals surface area contributed by atoms with Crippen LogP contribution in [0.2, 0.25) is 0 Å². The van der Waals surface area contributed by atoms with E-state index in [1.165, 1.54) is 10.8 Å². The summed E-state index contributed by atoms with van der Waals surface area (Å²) in [6.45, 7) is 1.85. The van der Waals surface area contributed by atoms with Gasteiger partial charge >= 0.3 is 0 Å². The Hall–Kier alpha value is -4.25. The van der Waals surface area contributed by atoms with Gasteiger partial charge in [0, 0.05) is 32.6 Å². The molecule has 0 unspecified atom stereocenters. The smallest absolute Gasteiger partial charge is 0.278 e. The van der Waals surface area contributed by atoms with Gasteiger partial charge in [-0.15, -0.1) is 0 Å². The lowest BCUT2D eigenvalue weighted by atomic mass is 9.89. The van der Waals surface area contributed by atoms with Gasteiger partial charge < -0.3 is 20.7 Å². The highest BCUT2D eigenvalue weighted by atomic mass is 16.5. The number of anilines is 3. The fourth-order valence-electron chi connectivity index (χ4n) is 4.18. The van der Waals surface area contributed by atoms with E-state index in [1.807, 2.05) is 13.0 Å². The van der Waals surface area contributed by atoms with E-state index in [1.54, 1.807) is 55.3 Å². The fraction of sp³-hybridized carbons (Fsp3) is 0.292. The highest BCUT2D eigenvalue weighted by Crippen LogP contribution is 2.25. The standard InChI is InChI=1S/C24H26N8O3/c1-14-18(7-4-10-26-14)31-11-5-6-17(24(31)34)28-20-12-21(25-2)32-22(30-20)15(13-27-32)23(33)29-16-8-9-19(16)35-3/h4-7,10-13,16,19,25H,8-9H2,1-3H3,(H,28,30)(H,29,33)/t16-,19-/m0/s1. The lowest BCUT2D eigenvalue weighted by molar-refractivity contribution is 0.00732. The van der Waals surface area contributed by atoms with Crippen LogP contribution >= 0.6 is 0 Å². The largest absolute Gasteiger partial charge is 0.379 e. The van der Waals surface area contributed by atoms with Crippen LogP contribution < -0.4 is 21.5 Å². The van der Waals surface area contributed by atoms with Gasteiger partial charge in [0.05, 0.1) is 29.7 Å². The monoisotopic (exact) mass is 474 g/mol. The van der Waals surface area contributed by atoms with Crippen molar-refractivity contribution < 1.29 is 9.53 Å². The molecule has 4 aromatic heterocycles. The molecule has 11 heteroatoms. The molecule has 1 fully saturated rings. The fourth-order valence-corrected chi connectivity index (χ4v) is 4.18. The third kappa shape index (κ3) is 4.10. The summed E-state index contributed by atoms with van der Waals surface area (Å²) in [5, 5.41) is 13.5. The molecule has 0 saturated heterocycles. The molecule has 2 atom stereocenters. The van der Waals surface area contributed by atoms with Crippen LogP contribution in [0, 0.1) is 6.92 Å². The summed E-state index contributed by atoms with van der Waals surface area (Å²) in [4.78, 5) is 35.1. The zero-order chi connectivity index (χ0) is 24.5. The Morgan fingerprint density at radius 3 is 2.80 bits per heavy atom.